The second kappa shape index (κ2) is 5.37. The summed E-state index contributed by atoms with van der Waals surface area (Å²) in [7, 11) is 0. The molecule has 1 heterocycles. The monoisotopic (exact) mass is 251 g/mol. The van der Waals surface area contributed by atoms with Crippen molar-refractivity contribution >= 4 is 0 Å². The molecule has 0 saturated heterocycles. The number of rotatable bonds is 5. The number of hydrogen-bond donors (Lipinski definition) is 4. The molecule has 0 aliphatic heterocycles. The maximum absolute atomic E-state index is 9.57. The van der Waals surface area contributed by atoms with Crippen LogP contribution in [0.5, 0.6) is 17.2 Å². The van der Waals surface area contributed by atoms with E-state index in [1.165, 1.54) is 18.5 Å². The number of benzene rings is 1. The van der Waals surface area contributed by atoms with Crippen LogP contribution in [0.15, 0.2) is 23.0 Å². The summed E-state index contributed by atoms with van der Waals surface area (Å²) in [5.41, 5.74) is 0.499. The van der Waals surface area contributed by atoms with Gasteiger partial charge in [-0.25, -0.2) is 0 Å². The van der Waals surface area contributed by atoms with Gasteiger partial charge in [-0.15, -0.1) is 0 Å². The van der Waals surface area contributed by atoms with E-state index in [1.54, 1.807) is 0 Å². The molecule has 0 aliphatic carbocycles. The highest BCUT2D eigenvalue weighted by Gasteiger charge is 2.10. The summed E-state index contributed by atoms with van der Waals surface area (Å²) in [5, 5.41) is 34.8. The Morgan fingerprint density at radius 3 is 2.72 bits per heavy atom. The molecule has 0 bridgehead atoms. The van der Waals surface area contributed by atoms with Crippen molar-refractivity contribution in [1.29, 1.82) is 0 Å². The van der Waals surface area contributed by atoms with Gasteiger partial charge in [0, 0.05) is 25.1 Å². The van der Waals surface area contributed by atoms with Gasteiger partial charge in [0.25, 0.3) is 0 Å². The summed E-state index contributed by atoms with van der Waals surface area (Å²) < 4.78 is 4.59. The first-order chi connectivity index (χ1) is 8.68. The summed E-state index contributed by atoms with van der Waals surface area (Å²) in [4.78, 5) is 3.86. The van der Waals surface area contributed by atoms with E-state index < -0.39 is 5.75 Å². The van der Waals surface area contributed by atoms with Crippen LogP contribution in [0.25, 0.3) is 0 Å². The lowest BCUT2D eigenvalue weighted by Crippen LogP contribution is -2.17. The van der Waals surface area contributed by atoms with Gasteiger partial charge < -0.3 is 25.2 Å². The molecule has 1 aromatic carbocycles. The fraction of sp³-hybridized carbons (Fsp3) is 0.273. The number of phenols is 3. The van der Waals surface area contributed by atoms with Crippen LogP contribution in [-0.2, 0) is 13.0 Å². The van der Waals surface area contributed by atoms with Crippen molar-refractivity contribution in [1.82, 2.24) is 15.5 Å². The lowest BCUT2D eigenvalue weighted by Gasteiger charge is -2.08. The van der Waals surface area contributed by atoms with Crippen molar-refractivity contribution in [3.05, 3.63) is 29.9 Å². The Morgan fingerprint density at radius 1 is 1.17 bits per heavy atom. The molecule has 0 radical (unpaired) electrons. The summed E-state index contributed by atoms with van der Waals surface area (Å²) in [5.74, 6) is -0.571. The Kier molecular flexibility index (Phi) is 3.63. The molecule has 0 aliphatic rings. The maximum Gasteiger partial charge on any atom is 0.213 e. The molecule has 0 amide bonds. The summed E-state index contributed by atoms with van der Waals surface area (Å²) in [6, 6.07) is 2.86. The molecule has 7 nitrogen and oxygen atoms in total. The number of nitrogens with one attached hydrogen (secondary N) is 1. The molecule has 4 N–H and O–H groups in total. The van der Waals surface area contributed by atoms with Gasteiger partial charge in [0.15, 0.2) is 17.3 Å². The molecular weight excluding hydrogens is 238 g/mol. The third kappa shape index (κ3) is 2.69. The average molecular weight is 251 g/mol. The molecule has 96 valence electrons. The van der Waals surface area contributed by atoms with Crippen molar-refractivity contribution in [2.75, 3.05) is 6.54 Å². The van der Waals surface area contributed by atoms with Gasteiger partial charge in [-0.2, -0.15) is 4.98 Å². The Morgan fingerprint density at radius 2 is 2.00 bits per heavy atom. The van der Waals surface area contributed by atoms with E-state index in [1.807, 2.05) is 0 Å². The van der Waals surface area contributed by atoms with Crippen LogP contribution in [0.3, 0.4) is 0 Å². The highest BCUT2D eigenvalue weighted by molar-refractivity contribution is 5.52. The SMILES string of the molecule is Oc1ccc(CNCCc2ncon2)c(O)c1O. The van der Waals surface area contributed by atoms with Crippen LogP contribution < -0.4 is 5.32 Å². The number of aromatic nitrogens is 2. The van der Waals surface area contributed by atoms with Gasteiger partial charge >= 0.3 is 0 Å². The van der Waals surface area contributed by atoms with Gasteiger partial charge in [0.05, 0.1) is 0 Å². The van der Waals surface area contributed by atoms with E-state index in [9.17, 15) is 10.2 Å². The van der Waals surface area contributed by atoms with E-state index in [-0.39, 0.29) is 11.5 Å². The Balaban J connectivity index is 1.85. The molecule has 0 fully saturated rings. The first kappa shape index (κ1) is 12.2. The Bertz CT molecular complexity index is 513. The molecule has 2 aromatic rings. The Hall–Kier alpha value is -2.28. The van der Waals surface area contributed by atoms with Gasteiger partial charge in [0.1, 0.15) is 0 Å². The molecule has 0 spiro atoms. The highest BCUT2D eigenvalue weighted by Crippen LogP contribution is 2.36. The molecule has 0 saturated carbocycles. The first-order valence-electron chi connectivity index (χ1n) is 5.37. The van der Waals surface area contributed by atoms with Crippen molar-refractivity contribution in [3.63, 3.8) is 0 Å². The average Bonchev–Trinajstić information content (AvgIpc) is 2.87. The minimum Gasteiger partial charge on any atom is -0.504 e. The first-order valence-corrected chi connectivity index (χ1v) is 5.37. The van der Waals surface area contributed by atoms with Crippen LogP contribution in [0.1, 0.15) is 11.4 Å². The fourth-order valence-corrected chi connectivity index (χ4v) is 1.48. The molecule has 18 heavy (non-hydrogen) atoms. The van der Waals surface area contributed by atoms with E-state index >= 15 is 0 Å². The van der Waals surface area contributed by atoms with Crippen LogP contribution >= 0.6 is 0 Å². The largest absolute Gasteiger partial charge is 0.504 e. The zero-order valence-electron chi connectivity index (χ0n) is 9.50. The molecule has 2 rings (SSSR count). The lowest BCUT2D eigenvalue weighted by atomic mass is 10.1. The second-order valence-corrected chi connectivity index (χ2v) is 3.72. The third-order valence-electron chi connectivity index (χ3n) is 2.46. The van der Waals surface area contributed by atoms with Gasteiger partial charge in [0.2, 0.25) is 12.1 Å². The van der Waals surface area contributed by atoms with Crippen molar-refractivity contribution < 1.29 is 19.8 Å². The van der Waals surface area contributed by atoms with Crippen molar-refractivity contribution in [3.8, 4) is 17.2 Å². The number of aromatic hydroxyl groups is 3. The molecule has 0 unspecified atom stereocenters. The predicted molar refractivity (Wildman–Crippen MR) is 61.1 cm³/mol. The number of nitrogens with zero attached hydrogens (tertiary/aromatic N) is 2. The van der Waals surface area contributed by atoms with Gasteiger partial charge in [-0.1, -0.05) is 11.2 Å². The molecule has 1 aromatic heterocycles. The fourth-order valence-electron chi connectivity index (χ4n) is 1.48. The number of hydrogen-bond acceptors (Lipinski definition) is 7. The van der Waals surface area contributed by atoms with E-state index in [2.05, 4.69) is 20.0 Å². The predicted octanol–water partition coefficient (Wildman–Crippen LogP) is 0.519. The normalized spacial score (nSPS) is 10.7. The van der Waals surface area contributed by atoms with Crippen molar-refractivity contribution in [2.24, 2.45) is 0 Å². The van der Waals surface area contributed by atoms with E-state index in [4.69, 9.17) is 5.11 Å². The highest BCUT2D eigenvalue weighted by atomic mass is 16.5. The minimum absolute atomic E-state index is 0.318. The maximum atomic E-state index is 9.57. The Labute approximate surface area is 103 Å². The summed E-state index contributed by atoms with van der Waals surface area (Å²) in [6.07, 6.45) is 1.86. The van der Waals surface area contributed by atoms with Crippen LogP contribution in [0.2, 0.25) is 0 Å². The smallest absolute Gasteiger partial charge is 0.213 e. The van der Waals surface area contributed by atoms with E-state index in [0.29, 0.717) is 30.9 Å². The topological polar surface area (TPSA) is 112 Å². The zero-order chi connectivity index (χ0) is 13.0. The summed E-state index contributed by atoms with van der Waals surface area (Å²) >= 11 is 0. The molecular formula is C11H13N3O4. The van der Waals surface area contributed by atoms with Gasteiger partial charge in [-0.05, 0) is 6.07 Å². The van der Waals surface area contributed by atoms with Crippen LogP contribution in [-0.4, -0.2) is 32.0 Å². The van der Waals surface area contributed by atoms with Crippen molar-refractivity contribution in [2.45, 2.75) is 13.0 Å². The number of phenolic OH excluding ortho intramolecular Hbond substituents is 3. The standard InChI is InChI=1S/C11H13N3O4/c15-8-2-1-7(10(16)11(8)17)5-12-4-3-9-13-6-18-14-9/h1-2,6,12,15-17H,3-5H2. The quantitative estimate of drug-likeness (QED) is 0.452. The lowest BCUT2D eigenvalue weighted by molar-refractivity contribution is 0.364. The van der Waals surface area contributed by atoms with E-state index in [0.717, 1.165) is 0 Å². The van der Waals surface area contributed by atoms with Gasteiger partial charge in [-0.3, -0.25) is 0 Å². The molecule has 0 atom stereocenters. The van der Waals surface area contributed by atoms with Crippen LogP contribution in [0.4, 0.5) is 0 Å². The summed E-state index contributed by atoms with van der Waals surface area (Å²) in [6.45, 7) is 0.956. The third-order valence-corrected chi connectivity index (χ3v) is 2.46. The minimum atomic E-state index is -0.507. The molecule has 7 heteroatoms. The second-order valence-electron chi connectivity index (χ2n) is 3.72. The van der Waals surface area contributed by atoms with Crippen LogP contribution in [0, 0.1) is 0 Å². The zero-order valence-corrected chi connectivity index (χ0v) is 9.50.